The van der Waals surface area contributed by atoms with Crippen LogP contribution in [0.2, 0.25) is 0 Å². The van der Waals surface area contributed by atoms with Crippen LogP contribution >= 0.6 is 0 Å². The number of aliphatic imine (C=N–C) groups is 1. The fourth-order valence-corrected chi connectivity index (χ4v) is 3.23. The fraction of sp³-hybridized carbons (Fsp3) is 0.550. The molecule has 28 heavy (non-hydrogen) atoms. The number of hydrogen-bond donors (Lipinski definition) is 2. The molecular formula is C20H29FN4O3. The van der Waals surface area contributed by atoms with Gasteiger partial charge in [-0.2, -0.15) is 0 Å². The number of carbonyl (C=O) groups excluding carboxylic acids is 2. The standard InChI is InChI=1S/C20H29FN4O3/c1-3-28-19(27)16-7-5-11-25(14-16)20(22-2)24-10-9-23-18(26)13-15-6-4-8-17(21)12-15/h4,6,8,12,16H,3,5,7,9-11,13-14H2,1-2H3,(H,22,24)(H,23,26)/t16-/m0/s1. The van der Waals surface area contributed by atoms with E-state index >= 15 is 0 Å². The van der Waals surface area contributed by atoms with Gasteiger partial charge in [0.05, 0.1) is 18.9 Å². The summed E-state index contributed by atoms with van der Waals surface area (Å²) in [6.45, 7) is 4.51. The quantitative estimate of drug-likeness (QED) is 0.317. The average Bonchev–Trinajstić information content (AvgIpc) is 2.68. The molecule has 1 fully saturated rings. The molecule has 154 valence electrons. The van der Waals surface area contributed by atoms with E-state index in [4.69, 9.17) is 4.74 Å². The zero-order valence-corrected chi connectivity index (χ0v) is 16.5. The number of likely N-dealkylation sites (tertiary alicyclic amines) is 1. The third-order valence-electron chi connectivity index (χ3n) is 4.54. The van der Waals surface area contributed by atoms with Crippen LogP contribution in [0.3, 0.4) is 0 Å². The fourth-order valence-electron chi connectivity index (χ4n) is 3.23. The Morgan fingerprint density at radius 1 is 1.32 bits per heavy atom. The second-order valence-corrected chi connectivity index (χ2v) is 6.67. The number of nitrogens with zero attached hydrogens (tertiary/aromatic N) is 2. The lowest BCUT2D eigenvalue weighted by atomic mass is 9.98. The van der Waals surface area contributed by atoms with Gasteiger partial charge in [-0.1, -0.05) is 12.1 Å². The Bertz CT molecular complexity index is 696. The van der Waals surface area contributed by atoms with Crippen LogP contribution in [0.1, 0.15) is 25.3 Å². The molecule has 1 aromatic rings. The zero-order chi connectivity index (χ0) is 20.4. The van der Waals surface area contributed by atoms with Crippen molar-refractivity contribution in [1.29, 1.82) is 0 Å². The van der Waals surface area contributed by atoms with E-state index in [1.165, 1.54) is 12.1 Å². The predicted molar refractivity (Wildman–Crippen MR) is 105 cm³/mol. The van der Waals surface area contributed by atoms with Crippen LogP contribution < -0.4 is 10.6 Å². The van der Waals surface area contributed by atoms with Crippen molar-refractivity contribution < 1.29 is 18.7 Å². The molecule has 2 rings (SSSR count). The normalized spacial score (nSPS) is 17.2. The Labute approximate surface area is 165 Å². The number of amides is 1. The molecule has 1 saturated heterocycles. The third-order valence-corrected chi connectivity index (χ3v) is 4.54. The van der Waals surface area contributed by atoms with Gasteiger partial charge in [0, 0.05) is 33.2 Å². The van der Waals surface area contributed by atoms with E-state index in [0.717, 1.165) is 19.4 Å². The van der Waals surface area contributed by atoms with Crippen LogP contribution in [0.25, 0.3) is 0 Å². The van der Waals surface area contributed by atoms with Gasteiger partial charge < -0.3 is 20.3 Å². The molecule has 1 aromatic carbocycles. The molecule has 0 bridgehead atoms. The first-order valence-corrected chi connectivity index (χ1v) is 9.66. The molecule has 0 spiro atoms. The molecule has 2 N–H and O–H groups in total. The molecule has 1 aliphatic heterocycles. The Hall–Kier alpha value is -2.64. The first-order valence-electron chi connectivity index (χ1n) is 9.66. The van der Waals surface area contributed by atoms with E-state index in [1.54, 1.807) is 19.2 Å². The maximum absolute atomic E-state index is 13.2. The molecule has 0 radical (unpaired) electrons. The number of rotatable bonds is 7. The third kappa shape index (κ3) is 6.83. The molecule has 1 heterocycles. The van der Waals surface area contributed by atoms with Gasteiger partial charge in [0.1, 0.15) is 5.82 Å². The number of nitrogens with one attached hydrogen (secondary N) is 2. The van der Waals surface area contributed by atoms with Crippen molar-refractivity contribution in [3.8, 4) is 0 Å². The van der Waals surface area contributed by atoms with Gasteiger partial charge in [0.15, 0.2) is 5.96 Å². The predicted octanol–water partition coefficient (Wildman–Crippen LogP) is 1.33. The maximum Gasteiger partial charge on any atom is 0.310 e. The van der Waals surface area contributed by atoms with E-state index < -0.39 is 0 Å². The molecule has 7 nitrogen and oxygen atoms in total. The lowest BCUT2D eigenvalue weighted by Gasteiger charge is -2.33. The topological polar surface area (TPSA) is 83.0 Å². The van der Waals surface area contributed by atoms with Crippen LogP contribution in [0.15, 0.2) is 29.3 Å². The second-order valence-electron chi connectivity index (χ2n) is 6.67. The number of esters is 1. The summed E-state index contributed by atoms with van der Waals surface area (Å²) in [5.74, 6) is -0.111. The number of ether oxygens (including phenoxy) is 1. The van der Waals surface area contributed by atoms with Crippen LogP contribution in [0.4, 0.5) is 4.39 Å². The first-order chi connectivity index (χ1) is 13.5. The lowest BCUT2D eigenvalue weighted by Crippen LogP contribution is -2.49. The van der Waals surface area contributed by atoms with Crippen LogP contribution in [-0.2, 0) is 20.7 Å². The molecule has 1 aliphatic rings. The van der Waals surface area contributed by atoms with Crippen molar-refractivity contribution in [3.63, 3.8) is 0 Å². The van der Waals surface area contributed by atoms with Crippen molar-refractivity contribution in [2.75, 3.05) is 39.8 Å². The molecule has 0 unspecified atom stereocenters. The highest BCUT2D eigenvalue weighted by Crippen LogP contribution is 2.18. The Morgan fingerprint density at radius 2 is 2.11 bits per heavy atom. The van der Waals surface area contributed by atoms with Crippen molar-refractivity contribution in [1.82, 2.24) is 15.5 Å². The summed E-state index contributed by atoms with van der Waals surface area (Å²) in [6.07, 6.45) is 1.86. The minimum atomic E-state index is -0.349. The molecule has 8 heteroatoms. The lowest BCUT2D eigenvalue weighted by molar-refractivity contribution is -0.149. The van der Waals surface area contributed by atoms with E-state index in [2.05, 4.69) is 15.6 Å². The highest BCUT2D eigenvalue weighted by Gasteiger charge is 2.28. The Balaban J connectivity index is 1.73. The van der Waals surface area contributed by atoms with Gasteiger partial charge in [-0.3, -0.25) is 14.6 Å². The summed E-state index contributed by atoms with van der Waals surface area (Å²) in [4.78, 5) is 30.3. The number of piperidine rings is 1. The second kappa shape index (κ2) is 11.3. The number of guanidine groups is 1. The molecule has 0 aliphatic carbocycles. The highest BCUT2D eigenvalue weighted by atomic mass is 19.1. The maximum atomic E-state index is 13.2. The summed E-state index contributed by atoms with van der Waals surface area (Å²) >= 11 is 0. The zero-order valence-electron chi connectivity index (χ0n) is 16.5. The molecule has 0 saturated carbocycles. The molecule has 0 aromatic heterocycles. The number of benzene rings is 1. The minimum absolute atomic E-state index is 0.139. The molecule has 1 amide bonds. The van der Waals surface area contributed by atoms with Crippen LogP contribution in [-0.4, -0.2) is 62.6 Å². The Morgan fingerprint density at radius 3 is 2.82 bits per heavy atom. The number of carbonyl (C=O) groups is 2. The van der Waals surface area contributed by atoms with Gasteiger partial charge >= 0.3 is 5.97 Å². The first kappa shape index (κ1) is 21.7. The van der Waals surface area contributed by atoms with Crippen molar-refractivity contribution in [3.05, 3.63) is 35.6 Å². The van der Waals surface area contributed by atoms with E-state index in [0.29, 0.717) is 37.8 Å². The van der Waals surface area contributed by atoms with E-state index in [1.807, 2.05) is 11.8 Å². The van der Waals surface area contributed by atoms with E-state index in [-0.39, 0.29) is 30.0 Å². The largest absolute Gasteiger partial charge is 0.466 e. The van der Waals surface area contributed by atoms with Gasteiger partial charge in [0.25, 0.3) is 0 Å². The average molecular weight is 392 g/mol. The summed E-state index contributed by atoms with van der Waals surface area (Å²) < 4.78 is 18.3. The summed E-state index contributed by atoms with van der Waals surface area (Å²) in [7, 11) is 1.69. The van der Waals surface area contributed by atoms with Crippen molar-refractivity contribution in [2.24, 2.45) is 10.9 Å². The van der Waals surface area contributed by atoms with Crippen LogP contribution in [0.5, 0.6) is 0 Å². The monoisotopic (exact) mass is 392 g/mol. The minimum Gasteiger partial charge on any atom is -0.466 e. The van der Waals surface area contributed by atoms with Gasteiger partial charge in [-0.05, 0) is 37.5 Å². The number of hydrogen-bond acceptors (Lipinski definition) is 4. The van der Waals surface area contributed by atoms with Gasteiger partial charge in [-0.25, -0.2) is 4.39 Å². The SMILES string of the molecule is CCOC(=O)[C@H]1CCCN(C(=NC)NCCNC(=O)Cc2cccc(F)c2)C1. The van der Waals surface area contributed by atoms with Gasteiger partial charge in [-0.15, -0.1) is 0 Å². The summed E-state index contributed by atoms with van der Waals surface area (Å²) in [6, 6.07) is 6.02. The smallest absolute Gasteiger partial charge is 0.310 e. The van der Waals surface area contributed by atoms with Crippen LogP contribution in [0, 0.1) is 11.7 Å². The van der Waals surface area contributed by atoms with Crippen molar-refractivity contribution >= 4 is 17.8 Å². The van der Waals surface area contributed by atoms with Crippen molar-refractivity contribution in [2.45, 2.75) is 26.2 Å². The summed E-state index contributed by atoms with van der Waals surface area (Å²) in [5.41, 5.74) is 0.639. The van der Waals surface area contributed by atoms with Gasteiger partial charge in [0.2, 0.25) is 5.91 Å². The highest BCUT2D eigenvalue weighted by molar-refractivity contribution is 5.81. The molecule has 1 atom stereocenters. The number of halogens is 1. The Kier molecular flexibility index (Phi) is 8.71. The summed E-state index contributed by atoms with van der Waals surface area (Å²) in [5, 5.41) is 6.01. The van der Waals surface area contributed by atoms with E-state index in [9.17, 15) is 14.0 Å². The molecular weight excluding hydrogens is 363 g/mol.